The molecule has 6 nitrogen and oxygen atoms in total. The molecular formula is C20H25N3O3S2. The minimum atomic E-state index is -3.70. The number of rotatable bonds is 4. The summed E-state index contributed by atoms with van der Waals surface area (Å²) in [6.07, 6.45) is 5.12. The van der Waals surface area contributed by atoms with Gasteiger partial charge in [-0.1, -0.05) is 12.8 Å². The third-order valence-electron chi connectivity index (χ3n) is 5.68. The van der Waals surface area contributed by atoms with Crippen molar-refractivity contribution in [1.82, 2.24) is 9.71 Å². The van der Waals surface area contributed by atoms with E-state index in [0.717, 1.165) is 60.5 Å². The fourth-order valence-corrected chi connectivity index (χ4v) is 6.85. The van der Waals surface area contributed by atoms with Crippen LogP contribution in [0.2, 0.25) is 0 Å². The zero-order valence-corrected chi connectivity index (χ0v) is 17.8. The van der Waals surface area contributed by atoms with Gasteiger partial charge in [-0.2, -0.15) is 4.72 Å². The number of nitrogens with one attached hydrogen (secondary N) is 1. The normalized spacial score (nSPS) is 18.9. The van der Waals surface area contributed by atoms with Gasteiger partial charge >= 0.3 is 0 Å². The van der Waals surface area contributed by atoms with Gasteiger partial charge in [0.2, 0.25) is 15.9 Å². The number of hydrogen-bond acceptors (Lipinski definition) is 5. The van der Waals surface area contributed by atoms with Gasteiger partial charge in [0.15, 0.2) is 0 Å². The van der Waals surface area contributed by atoms with Crippen molar-refractivity contribution >= 4 is 33.0 Å². The van der Waals surface area contributed by atoms with Gasteiger partial charge < -0.3 is 4.90 Å². The van der Waals surface area contributed by atoms with Crippen LogP contribution < -0.4 is 9.62 Å². The highest BCUT2D eigenvalue weighted by molar-refractivity contribution is 7.89. The van der Waals surface area contributed by atoms with E-state index in [1.54, 1.807) is 30.0 Å². The van der Waals surface area contributed by atoms with Gasteiger partial charge in [-0.05, 0) is 56.4 Å². The van der Waals surface area contributed by atoms with Crippen molar-refractivity contribution < 1.29 is 13.2 Å². The quantitative estimate of drug-likeness (QED) is 0.823. The Morgan fingerprint density at radius 1 is 1.25 bits per heavy atom. The van der Waals surface area contributed by atoms with Crippen LogP contribution in [0, 0.1) is 6.92 Å². The first-order valence-corrected chi connectivity index (χ1v) is 12.0. The van der Waals surface area contributed by atoms with Gasteiger partial charge in [-0.15, -0.1) is 11.3 Å². The molecular weight excluding hydrogens is 394 g/mol. The lowest BCUT2D eigenvalue weighted by Gasteiger charge is -2.30. The second-order valence-corrected chi connectivity index (χ2v) is 10.3. The number of fused-ring (bicyclic) bond motifs is 1. The predicted molar refractivity (Wildman–Crippen MR) is 110 cm³/mol. The molecule has 1 aromatic carbocycles. The molecule has 1 aliphatic heterocycles. The molecule has 1 aliphatic carbocycles. The summed E-state index contributed by atoms with van der Waals surface area (Å²) < 4.78 is 29.5. The van der Waals surface area contributed by atoms with E-state index in [4.69, 9.17) is 0 Å². The number of carbonyl (C=O) groups is 1. The van der Waals surface area contributed by atoms with Crippen LogP contribution >= 0.6 is 11.3 Å². The van der Waals surface area contributed by atoms with Gasteiger partial charge in [0.1, 0.15) is 5.01 Å². The molecule has 1 N–H and O–H groups in total. The lowest BCUT2D eigenvalue weighted by molar-refractivity contribution is -0.116. The second-order valence-electron chi connectivity index (χ2n) is 7.75. The molecule has 0 unspecified atom stereocenters. The summed E-state index contributed by atoms with van der Waals surface area (Å²) in [6, 6.07) is 5.10. The minimum absolute atomic E-state index is 0.0151. The fraction of sp³-hybridized carbons (Fsp3) is 0.500. The summed E-state index contributed by atoms with van der Waals surface area (Å²) in [5.41, 5.74) is 2.04. The molecule has 8 heteroatoms. The fourth-order valence-electron chi connectivity index (χ4n) is 4.30. The molecule has 0 atom stereocenters. The maximum absolute atomic E-state index is 13.3. The highest BCUT2D eigenvalue weighted by atomic mass is 32.2. The van der Waals surface area contributed by atoms with Crippen molar-refractivity contribution in [2.45, 2.75) is 62.8 Å². The summed E-state index contributed by atoms with van der Waals surface area (Å²) in [7, 11) is -3.70. The average Bonchev–Trinajstić information content (AvgIpc) is 3.30. The number of hydrogen-bond donors (Lipinski definition) is 1. The van der Waals surface area contributed by atoms with Crippen molar-refractivity contribution in [2.24, 2.45) is 0 Å². The number of aromatic nitrogens is 1. The van der Waals surface area contributed by atoms with Gasteiger partial charge in [-0.25, -0.2) is 13.4 Å². The highest BCUT2D eigenvalue weighted by Crippen LogP contribution is 2.41. The van der Waals surface area contributed by atoms with E-state index in [1.165, 1.54) is 11.3 Å². The molecule has 2 aromatic rings. The van der Waals surface area contributed by atoms with Crippen LogP contribution in [0.1, 0.15) is 55.3 Å². The van der Waals surface area contributed by atoms with E-state index >= 15 is 0 Å². The van der Waals surface area contributed by atoms with Crippen LogP contribution in [0.5, 0.6) is 0 Å². The van der Waals surface area contributed by atoms with Gasteiger partial charge in [0, 0.05) is 30.2 Å². The Balaban J connectivity index is 1.68. The van der Waals surface area contributed by atoms with Gasteiger partial charge in [-0.3, -0.25) is 4.79 Å². The Bertz CT molecular complexity index is 1010. The summed E-state index contributed by atoms with van der Waals surface area (Å²) in [6.45, 7) is 4.15. The van der Waals surface area contributed by atoms with Crippen LogP contribution in [0.25, 0.3) is 0 Å². The zero-order valence-electron chi connectivity index (χ0n) is 16.2. The number of aryl methyl sites for hydroxylation is 2. The zero-order chi connectivity index (χ0) is 19.9. The first-order valence-electron chi connectivity index (χ1n) is 9.68. The van der Waals surface area contributed by atoms with E-state index < -0.39 is 15.6 Å². The Morgan fingerprint density at radius 3 is 2.64 bits per heavy atom. The maximum Gasteiger partial charge on any atom is 0.241 e. The van der Waals surface area contributed by atoms with Crippen LogP contribution in [-0.4, -0.2) is 25.9 Å². The Labute approximate surface area is 170 Å². The predicted octanol–water partition coefficient (Wildman–Crippen LogP) is 3.50. The van der Waals surface area contributed by atoms with E-state index in [0.29, 0.717) is 6.54 Å². The SMILES string of the molecule is CC(=O)N1CCCc2cc(S(=O)(=O)NC3(c4nc(C)cs4)CCCC3)ccc21. The number of thiazole rings is 1. The number of anilines is 1. The lowest BCUT2D eigenvalue weighted by atomic mass is 10.0. The minimum Gasteiger partial charge on any atom is -0.312 e. The summed E-state index contributed by atoms with van der Waals surface area (Å²) >= 11 is 1.53. The van der Waals surface area contributed by atoms with E-state index in [1.807, 2.05) is 12.3 Å². The van der Waals surface area contributed by atoms with E-state index in [9.17, 15) is 13.2 Å². The molecule has 1 aromatic heterocycles. The molecule has 1 amide bonds. The molecule has 0 saturated heterocycles. The summed E-state index contributed by atoms with van der Waals surface area (Å²) in [5, 5.41) is 2.82. The number of benzene rings is 1. The van der Waals surface area contributed by atoms with Gasteiger partial charge in [0.25, 0.3) is 0 Å². The van der Waals surface area contributed by atoms with Crippen LogP contribution in [0.4, 0.5) is 5.69 Å². The van der Waals surface area contributed by atoms with Gasteiger partial charge in [0.05, 0.1) is 10.4 Å². The molecule has 0 radical (unpaired) electrons. The summed E-state index contributed by atoms with van der Waals surface area (Å²) in [5.74, 6) is -0.0151. The first kappa shape index (κ1) is 19.5. The molecule has 4 rings (SSSR count). The Hall–Kier alpha value is -1.77. The molecule has 28 heavy (non-hydrogen) atoms. The summed E-state index contributed by atoms with van der Waals surface area (Å²) in [4.78, 5) is 18.4. The molecule has 1 saturated carbocycles. The smallest absolute Gasteiger partial charge is 0.241 e. The van der Waals surface area contributed by atoms with E-state index in [-0.39, 0.29) is 10.8 Å². The number of nitrogens with zero attached hydrogens (tertiary/aromatic N) is 2. The molecule has 150 valence electrons. The topological polar surface area (TPSA) is 79.4 Å². The highest BCUT2D eigenvalue weighted by Gasteiger charge is 2.42. The van der Waals surface area contributed by atoms with Crippen molar-refractivity contribution in [1.29, 1.82) is 0 Å². The number of sulfonamides is 1. The standard InChI is InChI=1S/C20H25N3O3S2/c1-14-13-27-19(21-14)20(9-3-4-10-20)22-28(25,26)17-7-8-18-16(12-17)6-5-11-23(18)15(2)24/h7-8,12-13,22H,3-6,9-11H2,1-2H3. The molecule has 0 bridgehead atoms. The largest absolute Gasteiger partial charge is 0.312 e. The number of amides is 1. The van der Waals surface area contributed by atoms with Crippen LogP contribution in [0.15, 0.2) is 28.5 Å². The Kier molecular flexibility index (Phi) is 5.05. The maximum atomic E-state index is 13.3. The third kappa shape index (κ3) is 3.49. The number of carbonyl (C=O) groups excluding carboxylic acids is 1. The third-order valence-corrected chi connectivity index (χ3v) is 8.37. The van der Waals surface area contributed by atoms with Crippen molar-refractivity contribution in [2.75, 3.05) is 11.4 Å². The molecule has 2 heterocycles. The van der Waals surface area contributed by atoms with E-state index in [2.05, 4.69) is 9.71 Å². The lowest BCUT2D eigenvalue weighted by Crippen LogP contribution is -2.43. The van der Waals surface area contributed by atoms with Crippen molar-refractivity contribution in [3.8, 4) is 0 Å². The molecule has 2 aliphatic rings. The van der Waals surface area contributed by atoms with Crippen LogP contribution in [-0.2, 0) is 26.8 Å². The first-order chi connectivity index (χ1) is 13.3. The second kappa shape index (κ2) is 7.24. The molecule has 0 spiro atoms. The van der Waals surface area contributed by atoms with Crippen molar-refractivity contribution in [3.63, 3.8) is 0 Å². The van der Waals surface area contributed by atoms with Crippen LogP contribution in [0.3, 0.4) is 0 Å². The average molecular weight is 420 g/mol. The Morgan fingerprint density at radius 2 is 2.00 bits per heavy atom. The van der Waals surface area contributed by atoms with Crippen molar-refractivity contribution in [3.05, 3.63) is 39.8 Å². The molecule has 1 fully saturated rings. The monoisotopic (exact) mass is 419 g/mol.